The summed E-state index contributed by atoms with van der Waals surface area (Å²) in [6, 6.07) is 10.6. The van der Waals surface area contributed by atoms with E-state index in [9.17, 15) is 4.79 Å². The number of carbonyl (C=O) groups is 1. The number of halogens is 1. The quantitative estimate of drug-likeness (QED) is 0.191. The lowest BCUT2D eigenvalue weighted by atomic mass is 9.97. The number of aromatic amines is 1. The summed E-state index contributed by atoms with van der Waals surface area (Å²) in [7, 11) is 0. The predicted molar refractivity (Wildman–Crippen MR) is 113 cm³/mol. The molecule has 2 aromatic heterocycles. The number of fused-ring (bicyclic) bond motifs is 4. The van der Waals surface area contributed by atoms with E-state index < -0.39 is 0 Å². The second kappa shape index (κ2) is 9.11. The third kappa shape index (κ3) is 4.10. The summed E-state index contributed by atoms with van der Waals surface area (Å²) in [5.74, 6) is -0.124. The standard InChI is InChI=1S/C24H26N2O2.HI/c1-4-5-6-11-22(27)28-15-26-13-12-18-17(3)24-23(16(2)20(18)14-26)19-9-7-8-10-21(19)25-24;/h7-10,12-14H,4-6,11,15H2,1-3H3;1H. The van der Waals surface area contributed by atoms with Gasteiger partial charge in [-0.1, -0.05) is 38.0 Å². The molecule has 0 saturated heterocycles. The number of nitrogens with one attached hydrogen (secondary N) is 1. The average molecular weight is 502 g/mol. The molecule has 2 aromatic carbocycles. The fourth-order valence-electron chi connectivity index (χ4n) is 4.06. The Morgan fingerprint density at radius 3 is 2.62 bits per heavy atom. The van der Waals surface area contributed by atoms with Crippen LogP contribution in [0.1, 0.15) is 43.7 Å². The first-order chi connectivity index (χ1) is 13.6. The number of benzene rings is 2. The summed E-state index contributed by atoms with van der Waals surface area (Å²) in [5.41, 5.74) is 4.85. The number of nitrogens with zero attached hydrogens (tertiary/aromatic N) is 1. The largest absolute Gasteiger partial charge is 1.00 e. The van der Waals surface area contributed by atoms with Gasteiger partial charge in [0.1, 0.15) is 0 Å². The van der Waals surface area contributed by atoms with Crippen molar-refractivity contribution in [3.8, 4) is 0 Å². The Morgan fingerprint density at radius 1 is 1.03 bits per heavy atom. The first-order valence-electron chi connectivity index (χ1n) is 10.1. The van der Waals surface area contributed by atoms with E-state index in [2.05, 4.69) is 62.3 Å². The van der Waals surface area contributed by atoms with Crippen molar-refractivity contribution >= 4 is 38.5 Å². The van der Waals surface area contributed by atoms with Gasteiger partial charge in [-0.2, -0.15) is 4.57 Å². The van der Waals surface area contributed by atoms with E-state index in [1.54, 1.807) is 0 Å². The van der Waals surface area contributed by atoms with Crippen LogP contribution in [0.4, 0.5) is 0 Å². The smallest absolute Gasteiger partial charge is 0.310 e. The number of H-pyrrole nitrogens is 1. The van der Waals surface area contributed by atoms with E-state index in [4.69, 9.17) is 4.74 Å². The number of rotatable bonds is 6. The van der Waals surface area contributed by atoms with Gasteiger partial charge in [-0.25, -0.2) is 0 Å². The maximum absolute atomic E-state index is 11.9. The van der Waals surface area contributed by atoms with Crippen LogP contribution in [-0.2, 0) is 16.3 Å². The Morgan fingerprint density at radius 2 is 1.83 bits per heavy atom. The van der Waals surface area contributed by atoms with E-state index in [-0.39, 0.29) is 36.7 Å². The molecule has 0 atom stereocenters. The van der Waals surface area contributed by atoms with Gasteiger partial charge in [0.25, 0.3) is 6.73 Å². The summed E-state index contributed by atoms with van der Waals surface area (Å²) in [6.07, 6.45) is 7.65. The molecule has 0 amide bonds. The topological polar surface area (TPSA) is 46.0 Å². The first-order valence-corrected chi connectivity index (χ1v) is 10.1. The summed E-state index contributed by atoms with van der Waals surface area (Å²) in [4.78, 5) is 15.5. The lowest BCUT2D eigenvalue weighted by molar-refractivity contribution is -0.726. The van der Waals surface area contributed by atoms with Crippen LogP contribution >= 0.6 is 0 Å². The molecule has 29 heavy (non-hydrogen) atoms. The summed E-state index contributed by atoms with van der Waals surface area (Å²) in [5, 5.41) is 4.94. The minimum Gasteiger partial charge on any atom is -1.00 e. The summed E-state index contributed by atoms with van der Waals surface area (Å²) in [6.45, 7) is 6.72. The zero-order chi connectivity index (χ0) is 19.7. The maximum atomic E-state index is 11.9. The molecule has 1 N–H and O–H groups in total. The number of hydrogen-bond acceptors (Lipinski definition) is 2. The van der Waals surface area contributed by atoms with Gasteiger partial charge >= 0.3 is 5.97 Å². The van der Waals surface area contributed by atoms with Crippen molar-refractivity contribution in [3.63, 3.8) is 0 Å². The van der Waals surface area contributed by atoms with E-state index in [1.165, 1.54) is 38.2 Å². The molecule has 2 heterocycles. The van der Waals surface area contributed by atoms with Crippen molar-refractivity contribution in [3.05, 3.63) is 53.9 Å². The fraction of sp³-hybridized carbons (Fsp3) is 0.333. The normalized spacial score (nSPS) is 11.1. The predicted octanol–water partition coefficient (Wildman–Crippen LogP) is 2.46. The number of unbranched alkanes of at least 4 members (excludes halogenated alkanes) is 2. The Hall–Kier alpha value is -2.15. The second-order valence-corrected chi connectivity index (χ2v) is 7.56. The van der Waals surface area contributed by atoms with Crippen molar-refractivity contribution in [1.82, 2.24) is 4.98 Å². The van der Waals surface area contributed by atoms with Crippen molar-refractivity contribution < 1.29 is 38.1 Å². The highest BCUT2D eigenvalue weighted by atomic mass is 127. The number of carbonyl (C=O) groups excluding carboxylic acids is 1. The second-order valence-electron chi connectivity index (χ2n) is 7.56. The molecule has 0 spiro atoms. The summed E-state index contributed by atoms with van der Waals surface area (Å²) >= 11 is 0. The number of para-hydroxylation sites is 1. The van der Waals surface area contributed by atoms with Crippen molar-refractivity contribution in [1.29, 1.82) is 0 Å². The van der Waals surface area contributed by atoms with Crippen LogP contribution in [0, 0.1) is 13.8 Å². The van der Waals surface area contributed by atoms with E-state index in [0.717, 1.165) is 24.8 Å². The van der Waals surface area contributed by atoms with Gasteiger partial charge < -0.3 is 33.7 Å². The summed E-state index contributed by atoms with van der Waals surface area (Å²) < 4.78 is 7.41. The van der Waals surface area contributed by atoms with Crippen LogP contribution in [0.25, 0.3) is 32.6 Å². The van der Waals surface area contributed by atoms with Crippen molar-refractivity contribution in [2.24, 2.45) is 0 Å². The van der Waals surface area contributed by atoms with Crippen LogP contribution in [0.3, 0.4) is 0 Å². The van der Waals surface area contributed by atoms with Gasteiger partial charge in [-0.05, 0) is 42.8 Å². The zero-order valence-electron chi connectivity index (χ0n) is 17.2. The van der Waals surface area contributed by atoms with Gasteiger partial charge in [0, 0.05) is 34.2 Å². The highest BCUT2D eigenvalue weighted by Gasteiger charge is 2.16. The fourth-order valence-corrected chi connectivity index (χ4v) is 4.06. The molecular formula is C24H27IN2O2. The number of ether oxygens (including phenoxy) is 1. The van der Waals surface area contributed by atoms with Gasteiger partial charge in [-0.15, -0.1) is 0 Å². The highest BCUT2D eigenvalue weighted by molar-refractivity contribution is 6.16. The van der Waals surface area contributed by atoms with Crippen LogP contribution < -0.4 is 28.5 Å². The third-order valence-corrected chi connectivity index (χ3v) is 5.64. The number of aromatic nitrogens is 2. The number of esters is 1. The van der Waals surface area contributed by atoms with Crippen molar-refractivity contribution in [2.75, 3.05) is 0 Å². The molecular weight excluding hydrogens is 475 g/mol. The molecule has 0 fully saturated rings. The highest BCUT2D eigenvalue weighted by Crippen LogP contribution is 2.35. The SMILES string of the molecule is CCCCCC(=O)OC[n+]1ccc2c(C)c3[nH]c4ccccc4c3c(C)c2c1.[I-]. The van der Waals surface area contributed by atoms with Crippen LogP contribution in [0.2, 0.25) is 0 Å². The van der Waals surface area contributed by atoms with Gasteiger partial charge in [0.15, 0.2) is 12.4 Å². The van der Waals surface area contributed by atoms with Crippen LogP contribution in [-0.4, -0.2) is 11.0 Å². The van der Waals surface area contributed by atoms with E-state index in [1.807, 2.05) is 10.8 Å². The van der Waals surface area contributed by atoms with Crippen LogP contribution in [0.15, 0.2) is 42.7 Å². The molecule has 0 unspecified atom stereocenters. The molecule has 0 aliphatic rings. The Labute approximate surface area is 188 Å². The molecule has 0 aliphatic carbocycles. The molecule has 0 aliphatic heterocycles. The molecule has 0 saturated carbocycles. The molecule has 0 radical (unpaired) electrons. The monoisotopic (exact) mass is 502 g/mol. The van der Waals surface area contributed by atoms with Gasteiger partial charge in [0.05, 0.1) is 5.52 Å². The van der Waals surface area contributed by atoms with Gasteiger partial charge in [0.2, 0.25) is 0 Å². The zero-order valence-corrected chi connectivity index (χ0v) is 19.4. The molecule has 4 aromatic rings. The van der Waals surface area contributed by atoms with E-state index >= 15 is 0 Å². The minimum atomic E-state index is -0.124. The molecule has 4 rings (SSSR count). The van der Waals surface area contributed by atoms with Crippen molar-refractivity contribution in [2.45, 2.75) is 53.2 Å². The number of pyridine rings is 1. The van der Waals surface area contributed by atoms with Crippen LogP contribution in [0.5, 0.6) is 0 Å². The number of hydrogen-bond donors (Lipinski definition) is 1. The molecule has 152 valence electrons. The molecule has 5 heteroatoms. The third-order valence-electron chi connectivity index (χ3n) is 5.64. The maximum Gasteiger partial charge on any atom is 0.310 e. The first kappa shape index (κ1) is 21.6. The Bertz CT molecular complexity index is 1180. The lowest BCUT2D eigenvalue weighted by Crippen LogP contribution is -3.00. The van der Waals surface area contributed by atoms with Gasteiger partial charge in [-0.3, -0.25) is 4.79 Å². The minimum absolute atomic E-state index is 0. The van der Waals surface area contributed by atoms with E-state index in [0.29, 0.717) is 6.42 Å². The molecule has 4 nitrogen and oxygen atoms in total. The molecule has 0 bridgehead atoms. The Balaban J connectivity index is 0.00000240. The number of aryl methyl sites for hydroxylation is 2. The lowest BCUT2D eigenvalue weighted by Gasteiger charge is -2.09. The Kier molecular flexibility index (Phi) is 6.77. The average Bonchev–Trinajstić information content (AvgIpc) is 3.10.